The number of aromatic amines is 1. The molecule has 0 bridgehead atoms. The minimum atomic E-state index is -4.08. The van der Waals surface area contributed by atoms with E-state index in [0.29, 0.717) is 36.3 Å². The molecular weight excluding hydrogens is 590 g/mol. The Labute approximate surface area is 254 Å². The number of rotatable bonds is 8. The number of H-pyrrole nitrogens is 1. The lowest BCUT2D eigenvalue weighted by Gasteiger charge is -2.30. The van der Waals surface area contributed by atoms with E-state index in [2.05, 4.69) is 43.8 Å². The Bertz CT molecular complexity index is 1760. The SMILES string of the molecule is CN1CCC(c2ccc(C(=O)Nc3n[nH]c4ccc(S(=O)(=O)Cc5cc(F)cc(F)c5)nc34)c(NC3CCOCC3)c2)CC1. The van der Waals surface area contributed by atoms with Crippen molar-refractivity contribution in [3.63, 3.8) is 0 Å². The number of halogens is 2. The second-order valence-corrected chi connectivity index (χ2v) is 13.5. The van der Waals surface area contributed by atoms with Gasteiger partial charge in [0.15, 0.2) is 20.7 Å². The highest BCUT2D eigenvalue weighted by Crippen LogP contribution is 2.32. The number of nitrogens with zero attached hydrogens (tertiary/aromatic N) is 3. The molecule has 0 radical (unpaired) electrons. The zero-order chi connectivity index (χ0) is 30.8. The van der Waals surface area contributed by atoms with Gasteiger partial charge in [-0.15, -0.1) is 0 Å². The van der Waals surface area contributed by atoms with Gasteiger partial charge in [-0.25, -0.2) is 22.2 Å². The maximum absolute atomic E-state index is 13.7. The van der Waals surface area contributed by atoms with E-state index >= 15 is 0 Å². The molecule has 0 saturated carbocycles. The Balaban J connectivity index is 1.27. The first-order valence-corrected chi connectivity index (χ1v) is 16.3. The van der Waals surface area contributed by atoms with Crippen LogP contribution in [0.1, 0.15) is 53.1 Å². The summed E-state index contributed by atoms with van der Waals surface area (Å²) in [7, 11) is -1.95. The molecule has 2 saturated heterocycles. The molecule has 2 aliphatic heterocycles. The van der Waals surface area contributed by atoms with Crippen LogP contribution in [0.15, 0.2) is 53.6 Å². The average Bonchev–Trinajstić information content (AvgIpc) is 3.39. The van der Waals surface area contributed by atoms with Gasteiger partial charge in [-0.05, 0) is 99.3 Å². The molecule has 232 valence electrons. The van der Waals surface area contributed by atoms with Crippen molar-refractivity contribution < 1.29 is 26.7 Å². The smallest absolute Gasteiger partial charge is 0.259 e. The number of aromatic nitrogens is 3. The third-order valence-electron chi connectivity index (χ3n) is 8.27. The molecule has 10 nitrogen and oxygen atoms in total. The van der Waals surface area contributed by atoms with Crippen LogP contribution in [-0.2, 0) is 20.3 Å². The fraction of sp³-hybridized carbons (Fsp3) is 0.387. The molecule has 0 aliphatic carbocycles. The van der Waals surface area contributed by atoms with E-state index in [1.165, 1.54) is 17.7 Å². The van der Waals surface area contributed by atoms with Crippen molar-refractivity contribution in [3.05, 3.63) is 76.9 Å². The summed E-state index contributed by atoms with van der Waals surface area (Å²) in [5.41, 5.74) is 2.86. The molecule has 0 atom stereocenters. The third-order valence-corrected chi connectivity index (χ3v) is 9.85. The summed E-state index contributed by atoms with van der Waals surface area (Å²) in [6, 6.07) is 11.4. The Morgan fingerprint density at radius 3 is 2.48 bits per heavy atom. The topological polar surface area (TPSA) is 129 Å². The first-order chi connectivity index (χ1) is 21.1. The molecule has 6 rings (SSSR count). The van der Waals surface area contributed by atoms with E-state index in [-0.39, 0.29) is 28.0 Å². The summed E-state index contributed by atoms with van der Waals surface area (Å²) in [5, 5.41) is 13.0. The molecule has 2 aromatic heterocycles. The molecule has 2 aromatic carbocycles. The molecule has 1 amide bonds. The maximum Gasteiger partial charge on any atom is 0.259 e. The van der Waals surface area contributed by atoms with Crippen LogP contribution in [-0.4, -0.2) is 73.8 Å². The third kappa shape index (κ3) is 6.74. The molecule has 13 heteroatoms. The summed E-state index contributed by atoms with van der Waals surface area (Å²) >= 11 is 0. The first kappa shape index (κ1) is 30.1. The van der Waals surface area contributed by atoms with Crippen LogP contribution < -0.4 is 10.6 Å². The summed E-state index contributed by atoms with van der Waals surface area (Å²) < 4.78 is 59.1. The van der Waals surface area contributed by atoms with E-state index in [1.54, 1.807) is 0 Å². The summed E-state index contributed by atoms with van der Waals surface area (Å²) in [6.45, 7) is 3.34. The lowest BCUT2D eigenvalue weighted by Crippen LogP contribution is -2.30. The second-order valence-electron chi connectivity index (χ2n) is 11.5. The predicted molar refractivity (Wildman–Crippen MR) is 162 cm³/mol. The Hall–Kier alpha value is -3.94. The second kappa shape index (κ2) is 12.6. The number of sulfone groups is 1. The minimum Gasteiger partial charge on any atom is -0.381 e. The van der Waals surface area contributed by atoms with Crippen LogP contribution in [0.2, 0.25) is 0 Å². The molecule has 44 heavy (non-hydrogen) atoms. The van der Waals surface area contributed by atoms with Crippen LogP contribution in [0.3, 0.4) is 0 Å². The van der Waals surface area contributed by atoms with Gasteiger partial charge in [0.1, 0.15) is 17.2 Å². The predicted octanol–water partition coefficient (Wildman–Crippen LogP) is 4.86. The summed E-state index contributed by atoms with van der Waals surface area (Å²) in [5.74, 6) is -2.34. The number of likely N-dealkylation sites (tertiary alicyclic amines) is 1. The number of carbonyl (C=O) groups is 1. The fourth-order valence-electron chi connectivity index (χ4n) is 5.84. The quantitative estimate of drug-likeness (QED) is 0.254. The zero-order valence-corrected chi connectivity index (χ0v) is 25.1. The number of fused-ring (bicyclic) bond motifs is 1. The molecule has 0 unspecified atom stereocenters. The lowest BCUT2D eigenvalue weighted by molar-refractivity contribution is 0.0904. The largest absolute Gasteiger partial charge is 0.381 e. The highest BCUT2D eigenvalue weighted by atomic mass is 32.2. The van der Waals surface area contributed by atoms with Crippen LogP contribution in [0.4, 0.5) is 20.3 Å². The number of amides is 1. The average molecular weight is 625 g/mol. The fourth-order valence-corrected chi connectivity index (χ4v) is 7.10. The van der Waals surface area contributed by atoms with E-state index in [1.807, 2.05) is 12.1 Å². The number of pyridine rings is 1. The Kier molecular flexibility index (Phi) is 8.61. The van der Waals surface area contributed by atoms with Crippen molar-refractivity contribution in [1.29, 1.82) is 0 Å². The number of hydrogen-bond donors (Lipinski definition) is 3. The molecule has 3 N–H and O–H groups in total. The van der Waals surface area contributed by atoms with Crippen LogP contribution >= 0.6 is 0 Å². The van der Waals surface area contributed by atoms with Gasteiger partial charge in [0.2, 0.25) is 0 Å². The van der Waals surface area contributed by atoms with Crippen LogP contribution in [0.25, 0.3) is 11.0 Å². The molecule has 2 aliphatic rings. The van der Waals surface area contributed by atoms with Gasteiger partial charge in [0.05, 0.1) is 16.8 Å². The van der Waals surface area contributed by atoms with Gasteiger partial charge < -0.3 is 20.3 Å². The van der Waals surface area contributed by atoms with Crippen molar-refractivity contribution >= 4 is 38.3 Å². The summed E-state index contributed by atoms with van der Waals surface area (Å²) in [4.78, 5) is 20.3. The molecule has 0 spiro atoms. The lowest BCUT2D eigenvalue weighted by atomic mass is 9.88. The monoisotopic (exact) mass is 624 g/mol. The number of nitrogens with one attached hydrogen (secondary N) is 3. The number of piperidine rings is 1. The number of anilines is 2. The standard InChI is InChI=1S/C31H34F2N6O4S/c1-39-10-6-20(7-11-39)21-2-3-25(27(16-21)34-24-8-12-43-13-9-24)31(40)36-30-29-26(37-38-30)4-5-28(35-29)44(41,42)18-19-14-22(32)17-23(33)15-19/h2-5,14-17,20,24,34H,6-13,18H2,1H3,(H2,36,37,38,40). The van der Waals surface area contributed by atoms with E-state index in [4.69, 9.17) is 4.74 Å². The van der Waals surface area contributed by atoms with Gasteiger partial charge in [-0.1, -0.05) is 6.07 Å². The number of ether oxygens (including phenoxy) is 1. The highest BCUT2D eigenvalue weighted by molar-refractivity contribution is 7.90. The number of carbonyl (C=O) groups excluding carboxylic acids is 1. The maximum atomic E-state index is 13.7. The van der Waals surface area contributed by atoms with Crippen molar-refractivity contribution in [2.75, 3.05) is 44.0 Å². The van der Waals surface area contributed by atoms with Crippen LogP contribution in [0.5, 0.6) is 0 Å². The van der Waals surface area contributed by atoms with Gasteiger partial charge in [-0.3, -0.25) is 9.89 Å². The van der Waals surface area contributed by atoms with Gasteiger partial charge in [-0.2, -0.15) is 5.10 Å². The number of hydrogen-bond acceptors (Lipinski definition) is 8. The van der Waals surface area contributed by atoms with Crippen molar-refractivity contribution in [2.45, 2.75) is 48.4 Å². The Morgan fingerprint density at radius 1 is 1.02 bits per heavy atom. The number of benzene rings is 2. The van der Waals surface area contributed by atoms with Crippen molar-refractivity contribution in [2.24, 2.45) is 0 Å². The Morgan fingerprint density at radius 2 is 1.75 bits per heavy atom. The molecule has 2 fully saturated rings. The van der Waals surface area contributed by atoms with Crippen molar-refractivity contribution in [1.82, 2.24) is 20.1 Å². The molecule has 4 aromatic rings. The van der Waals surface area contributed by atoms with E-state index in [9.17, 15) is 22.0 Å². The minimum absolute atomic E-state index is 0.0432. The molecular formula is C31H34F2N6O4S. The van der Waals surface area contributed by atoms with E-state index in [0.717, 1.165) is 56.6 Å². The van der Waals surface area contributed by atoms with Gasteiger partial charge in [0.25, 0.3) is 5.91 Å². The first-order valence-electron chi connectivity index (χ1n) is 14.7. The zero-order valence-electron chi connectivity index (χ0n) is 24.3. The van der Waals surface area contributed by atoms with Crippen LogP contribution in [0, 0.1) is 11.6 Å². The van der Waals surface area contributed by atoms with Crippen molar-refractivity contribution in [3.8, 4) is 0 Å². The highest BCUT2D eigenvalue weighted by Gasteiger charge is 2.25. The van der Waals surface area contributed by atoms with Gasteiger partial charge >= 0.3 is 0 Å². The van der Waals surface area contributed by atoms with Gasteiger partial charge in [0, 0.05) is 31.0 Å². The normalized spacial score (nSPS) is 17.2. The summed E-state index contributed by atoms with van der Waals surface area (Å²) in [6.07, 6.45) is 3.74. The molecule has 4 heterocycles. The van der Waals surface area contributed by atoms with E-state index < -0.39 is 33.1 Å².